The molecule has 0 fully saturated rings. The summed E-state index contributed by atoms with van der Waals surface area (Å²) >= 11 is 0. The SMILES string of the molecule is CC\C=C/C=C\C=C/CCCCCCCC(=O)OC(COC(=O)CCCCCCC/C=C\CCCCC)COC(=O)CCCCCCCCCCCCCCCCCC. The van der Waals surface area contributed by atoms with Gasteiger partial charge in [-0.2, -0.15) is 0 Å². The molecule has 0 spiro atoms. The van der Waals surface area contributed by atoms with Crippen LogP contribution in [0.25, 0.3) is 0 Å². The Morgan fingerprint density at radius 2 is 0.678 bits per heavy atom. The molecule has 0 aromatic rings. The van der Waals surface area contributed by atoms with Gasteiger partial charge >= 0.3 is 17.9 Å². The van der Waals surface area contributed by atoms with Crippen LogP contribution in [0, 0.1) is 0 Å². The molecule has 0 aliphatic rings. The fourth-order valence-corrected chi connectivity index (χ4v) is 7.08. The van der Waals surface area contributed by atoms with Gasteiger partial charge in [0.15, 0.2) is 6.10 Å². The van der Waals surface area contributed by atoms with Crippen LogP contribution in [0.3, 0.4) is 0 Å². The predicted molar refractivity (Wildman–Crippen MR) is 252 cm³/mol. The number of carbonyl (C=O) groups excluding carboxylic acids is 3. The number of hydrogen-bond donors (Lipinski definition) is 0. The largest absolute Gasteiger partial charge is 0.462 e. The topological polar surface area (TPSA) is 78.9 Å². The smallest absolute Gasteiger partial charge is 0.306 e. The summed E-state index contributed by atoms with van der Waals surface area (Å²) in [5.41, 5.74) is 0. The van der Waals surface area contributed by atoms with E-state index in [0.29, 0.717) is 19.3 Å². The summed E-state index contributed by atoms with van der Waals surface area (Å²) in [5, 5.41) is 0. The maximum atomic E-state index is 12.8. The van der Waals surface area contributed by atoms with Crippen LogP contribution >= 0.6 is 0 Å². The molecule has 0 N–H and O–H groups in total. The number of rotatable bonds is 45. The molecule has 0 aliphatic heterocycles. The van der Waals surface area contributed by atoms with Gasteiger partial charge in [-0.3, -0.25) is 14.4 Å². The fourth-order valence-electron chi connectivity index (χ4n) is 7.08. The first-order valence-corrected chi connectivity index (χ1v) is 25.2. The van der Waals surface area contributed by atoms with Gasteiger partial charge in [-0.1, -0.05) is 217 Å². The zero-order valence-electron chi connectivity index (χ0n) is 39.0. The minimum atomic E-state index is -0.783. The van der Waals surface area contributed by atoms with E-state index in [9.17, 15) is 14.4 Å². The molecule has 0 radical (unpaired) electrons. The van der Waals surface area contributed by atoms with Gasteiger partial charge in [-0.15, -0.1) is 0 Å². The molecule has 0 aromatic carbocycles. The van der Waals surface area contributed by atoms with E-state index >= 15 is 0 Å². The van der Waals surface area contributed by atoms with E-state index in [1.54, 1.807) is 0 Å². The third kappa shape index (κ3) is 46.3. The number of carbonyl (C=O) groups is 3. The minimum absolute atomic E-state index is 0.0820. The number of ether oxygens (including phenoxy) is 3. The van der Waals surface area contributed by atoms with Gasteiger partial charge in [-0.25, -0.2) is 0 Å². The molecular formula is C53H94O6. The first kappa shape index (κ1) is 56.4. The quantitative estimate of drug-likeness (QED) is 0.0200. The van der Waals surface area contributed by atoms with Gasteiger partial charge in [0.05, 0.1) is 0 Å². The average Bonchev–Trinajstić information content (AvgIpc) is 3.23. The maximum absolute atomic E-state index is 12.8. The van der Waals surface area contributed by atoms with Crippen molar-refractivity contribution >= 4 is 17.9 Å². The second kappa shape index (κ2) is 48.0. The first-order valence-electron chi connectivity index (χ1n) is 25.2. The molecule has 0 aromatic heterocycles. The molecule has 342 valence electrons. The molecule has 0 heterocycles. The average molecular weight is 827 g/mol. The molecular weight excluding hydrogens is 733 g/mol. The number of unbranched alkanes of at least 4 members (excludes halogenated alkanes) is 28. The Bertz CT molecular complexity index is 1040. The van der Waals surface area contributed by atoms with Crippen molar-refractivity contribution in [3.8, 4) is 0 Å². The standard InChI is InChI=1S/C53H94O6/c1-4-7-10-13-16-19-22-25-26-27-29-31-34-37-40-43-46-52(55)58-49-50(48-57-51(54)45-42-39-36-33-30-24-21-18-15-12-9-6-3)59-53(56)47-44-41-38-35-32-28-23-20-17-14-11-8-5-2/h8,11,14,17-18,20-21,23,50H,4-7,9-10,12-13,15-16,19,22,24-49H2,1-3H3/b11-8-,17-14-,21-18-,23-20-. The lowest BCUT2D eigenvalue weighted by Gasteiger charge is -2.18. The molecule has 59 heavy (non-hydrogen) atoms. The predicted octanol–water partition coefficient (Wildman–Crippen LogP) is 16.3. The van der Waals surface area contributed by atoms with Crippen LogP contribution in [-0.4, -0.2) is 37.2 Å². The molecule has 0 saturated carbocycles. The van der Waals surface area contributed by atoms with Crippen molar-refractivity contribution in [2.45, 2.75) is 258 Å². The summed E-state index contributed by atoms with van der Waals surface area (Å²) in [4.78, 5) is 37.9. The van der Waals surface area contributed by atoms with Crippen LogP contribution in [-0.2, 0) is 28.6 Å². The third-order valence-electron chi connectivity index (χ3n) is 10.9. The van der Waals surface area contributed by atoms with Crippen LogP contribution in [0.1, 0.15) is 252 Å². The van der Waals surface area contributed by atoms with Gasteiger partial charge in [0.2, 0.25) is 0 Å². The second-order valence-electron chi connectivity index (χ2n) is 16.8. The van der Waals surface area contributed by atoms with Gasteiger partial charge in [0.1, 0.15) is 13.2 Å². The fraction of sp³-hybridized carbons (Fsp3) is 0.792. The van der Waals surface area contributed by atoms with E-state index in [-0.39, 0.29) is 31.1 Å². The Kier molecular flexibility index (Phi) is 45.9. The molecule has 6 nitrogen and oxygen atoms in total. The van der Waals surface area contributed by atoms with E-state index in [2.05, 4.69) is 69.4 Å². The summed E-state index contributed by atoms with van der Waals surface area (Å²) in [5.74, 6) is -0.906. The van der Waals surface area contributed by atoms with Gasteiger partial charge in [0.25, 0.3) is 0 Å². The zero-order chi connectivity index (χ0) is 43.0. The highest BCUT2D eigenvalue weighted by atomic mass is 16.6. The Balaban J connectivity index is 4.37. The van der Waals surface area contributed by atoms with Crippen molar-refractivity contribution in [1.82, 2.24) is 0 Å². The van der Waals surface area contributed by atoms with Crippen molar-refractivity contribution in [2.75, 3.05) is 13.2 Å². The van der Waals surface area contributed by atoms with Gasteiger partial charge in [0, 0.05) is 19.3 Å². The summed E-state index contributed by atoms with van der Waals surface area (Å²) in [7, 11) is 0. The molecule has 0 bridgehead atoms. The van der Waals surface area contributed by atoms with E-state index < -0.39 is 6.10 Å². The van der Waals surface area contributed by atoms with Crippen molar-refractivity contribution < 1.29 is 28.6 Å². The van der Waals surface area contributed by atoms with E-state index in [4.69, 9.17) is 14.2 Å². The van der Waals surface area contributed by atoms with Crippen LogP contribution in [0.4, 0.5) is 0 Å². The summed E-state index contributed by atoms with van der Waals surface area (Å²) < 4.78 is 16.8. The molecule has 0 saturated heterocycles. The molecule has 0 aliphatic carbocycles. The lowest BCUT2D eigenvalue weighted by atomic mass is 10.0. The van der Waals surface area contributed by atoms with Crippen LogP contribution < -0.4 is 0 Å². The van der Waals surface area contributed by atoms with E-state index in [1.165, 1.54) is 122 Å². The van der Waals surface area contributed by atoms with Gasteiger partial charge in [-0.05, 0) is 64.2 Å². The first-order chi connectivity index (χ1) is 29.0. The lowest BCUT2D eigenvalue weighted by molar-refractivity contribution is -0.167. The highest BCUT2D eigenvalue weighted by Gasteiger charge is 2.19. The Hall–Kier alpha value is -2.63. The second-order valence-corrected chi connectivity index (χ2v) is 16.8. The van der Waals surface area contributed by atoms with Crippen molar-refractivity contribution in [3.63, 3.8) is 0 Å². The highest BCUT2D eigenvalue weighted by molar-refractivity contribution is 5.71. The minimum Gasteiger partial charge on any atom is -0.462 e. The molecule has 1 unspecified atom stereocenters. The van der Waals surface area contributed by atoms with Crippen molar-refractivity contribution in [2.24, 2.45) is 0 Å². The highest BCUT2D eigenvalue weighted by Crippen LogP contribution is 2.15. The Morgan fingerprint density at radius 1 is 0.356 bits per heavy atom. The van der Waals surface area contributed by atoms with E-state index in [0.717, 1.165) is 89.9 Å². The normalized spacial score (nSPS) is 12.4. The van der Waals surface area contributed by atoms with Crippen molar-refractivity contribution in [1.29, 1.82) is 0 Å². The number of esters is 3. The maximum Gasteiger partial charge on any atom is 0.306 e. The van der Waals surface area contributed by atoms with Crippen LogP contribution in [0.15, 0.2) is 48.6 Å². The molecule has 0 amide bonds. The van der Waals surface area contributed by atoms with Crippen molar-refractivity contribution in [3.05, 3.63) is 48.6 Å². The Labute approximate surface area is 365 Å². The van der Waals surface area contributed by atoms with E-state index in [1.807, 2.05) is 0 Å². The zero-order valence-corrected chi connectivity index (χ0v) is 39.0. The third-order valence-corrected chi connectivity index (χ3v) is 10.9. The molecule has 1 atom stereocenters. The molecule has 0 rings (SSSR count). The summed E-state index contributed by atoms with van der Waals surface area (Å²) in [6.45, 7) is 6.47. The van der Waals surface area contributed by atoms with Gasteiger partial charge < -0.3 is 14.2 Å². The number of hydrogen-bond acceptors (Lipinski definition) is 6. The summed E-state index contributed by atoms with van der Waals surface area (Å²) in [6, 6.07) is 0. The summed E-state index contributed by atoms with van der Waals surface area (Å²) in [6.07, 6.45) is 56.6. The molecule has 6 heteroatoms. The Morgan fingerprint density at radius 3 is 1.10 bits per heavy atom. The monoisotopic (exact) mass is 827 g/mol. The van der Waals surface area contributed by atoms with Crippen LogP contribution in [0.2, 0.25) is 0 Å². The number of allylic oxidation sites excluding steroid dienone is 8. The van der Waals surface area contributed by atoms with Crippen LogP contribution in [0.5, 0.6) is 0 Å². The lowest BCUT2D eigenvalue weighted by Crippen LogP contribution is -2.30.